The number of halogens is 1. The summed E-state index contributed by atoms with van der Waals surface area (Å²) < 4.78 is 52.0. The molecule has 1 aromatic carbocycles. The van der Waals surface area contributed by atoms with Gasteiger partial charge in [-0.2, -0.15) is 5.10 Å². The number of nitrogens with one attached hydrogen (secondary N) is 1. The third kappa shape index (κ3) is 3.39. The van der Waals surface area contributed by atoms with E-state index in [0.29, 0.717) is 27.9 Å². The summed E-state index contributed by atoms with van der Waals surface area (Å²) in [5.41, 5.74) is 1.36. The van der Waals surface area contributed by atoms with Gasteiger partial charge in [-0.25, -0.2) is 17.8 Å². The van der Waals surface area contributed by atoms with E-state index < -0.39 is 27.0 Å². The lowest BCUT2D eigenvalue weighted by Gasteiger charge is -2.20. The number of aromatic nitrogens is 7. The van der Waals surface area contributed by atoms with Gasteiger partial charge in [0.1, 0.15) is 11.3 Å². The van der Waals surface area contributed by atoms with E-state index in [0.717, 1.165) is 0 Å². The molecule has 2 atom stereocenters. The van der Waals surface area contributed by atoms with Crippen LogP contribution in [0, 0.1) is 5.82 Å². The fraction of sp³-hybridized carbons (Fsp3) is 0.286. The number of ether oxygens (including phenoxy) is 1. The highest BCUT2D eigenvalue weighted by Gasteiger charge is 2.31. The molecule has 4 heterocycles. The van der Waals surface area contributed by atoms with E-state index in [-0.39, 0.29) is 17.1 Å². The third-order valence-corrected chi connectivity index (χ3v) is 7.81. The van der Waals surface area contributed by atoms with Crippen molar-refractivity contribution >= 4 is 43.4 Å². The van der Waals surface area contributed by atoms with E-state index in [1.165, 1.54) is 30.0 Å². The van der Waals surface area contributed by atoms with E-state index in [1.807, 2.05) is 0 Å². The lowest BCUT2D eigenvalue weighted by molar-refractivity contribution is 0.394. The van der Waals surface area contributed by atoms with Crippen LogP contribution in [0.25, 0.3) is 27.5 Å². The van der Waals surface area contributed by atoms with Gasteiger partial charge in [-0.3, -0.25) is 18.8 Å². The fourth-order valence-corrected chi connectivity index (χ4v) is 5.17. The molecule has 11 nitrogen and oxygen atoms in total. The topological polar surface area (TPSA) is 129 Å². The molecule has 0 aliphatic heterocycles. The Labute approximate surface area is 193 Å². The fourth-order valence-electron chi connectivity index (χ4n) is 3.92. The van der Waals surface area contributed by atoms with Crippen molar-refractivity contribution in [3.8, 4) is 5.88 Å². The lowest BCUT2D eigenvalue weighted by atomic mass is 10.1. The number of para-hydroxylation sites is 1. The van der Waals surface area contributed by atoms with Gasteiger partial charge in [0.05, 0.1) is 36.0 Å². The van der Waals surface area contributed by atoms with Crippen molar-refractivity contribution in [1.29, 1.82) is 0 Å². The molecule has 0 aliphatic rings. The van der Waals surface area contributed by atoms with Gasteiger partial charge in [-0.15, -0.1) is 10.2 Å². The second kappa shape index (κ2) is 7.87. The average molecular weight is 485 g/mol. The summed E-state index contributed by atoms with van der Waals surface area (Å²) >= 11 is 0. The summed E-state index contributed by atoms with van der Waals surface area (Å²) in [6.07, 6.45) is 4.66. The SMILES string of the molecule is COc1cnc([C@@H](C)[C@H](C)S(=O)(=O)Nc2nnc3c4nn(C)cc4c4cccc(F)c4n23)cn1. The Kier molecular flexibility index (Phi) is 5.08. The van der Waals surface area contributed by atoms with Gasteiger partial charge in [0.15, 0.2) is 5.65 Å². The highest BCUT2D eigenvalue weighted by atomic mass is 32.2. The second-order valence-electron chi connectivity index (χ2n) is 8.01. The van der Waals surface area contributed by atoms with Crippen LogP contribution in [0.2, 0.25) is 0 Å². The summed E-state index contributed by atoms with van der Waals surface area (Å²) in [6.45, 7) is 3.28. The van der Waals surface area contributed by atoms with E-state index in [1.54, 1.807) is 43.9 Å². The molecule has 13 heteroatoms. The van der Waals surface area contributed by atoms with E-state index >= 15 is 4.39 Å². The molecule has 1 N–H and O–H groups in total. The Hall–Kier alpha value is -3.87. The Bertz CT molecular complexity index is 1650. The van der Waals surface area contributed by atoms with Gasteiger partial charge >= 0.3 is 0 Å². The van der Waals surface area contributed by atoms with E-state index in [2.05, 4.69) is 30.0 Å². The van der Waals surface area contributed by atoms with Gasteiger partial charge < -0.3 is 4.74 Å². The van der Waals surface area contributed by atoms with Gasteiger partial charge in [-0.1, -0.05) is 19.1 Å². The third-order valence-electron chi connectivity index (χ3n) is 5.96. The highest BCUT2D eigenvalue weighted by Crippen LogP contribution is 2.32. The molecule has 0 saturated heterocycles. The maximum Gasteiger partial charge on any atom is 0.243 e. The summed E-state index contributed by atoms with van der Waals surface area (Å²) in [5, 5.41) is 12.9. The molecular formula is C21H21FN8O3S. The van der Waals surface area contributed by atoms with Crippen LogP contribution in [-0.4, -0.2) is 55.1 Å². The second-order valence-corrected chi connectivity index (χ2v) is 10.0. The van der Waals surface area contributed by atoms with Crippen LogP contribution in [0.5, 0.6) is 5.88 Å². The van der Waals surface area contributed by atoms with Crippen molar-refractivity contribution in [3.63, 3.8) is 0 Å². The van der Waals surface area contributed by atoms with Gasteiger partial charge in [0.25, 0.3) is 0 Å². The monoisotopic (exact) mass is 484 g/mol. The number of anilines is 1. The van der Waals surface area contributed by atoms with Crippen LogP contribution < -0.4 is 9.46 Å². The molecule has 4 aromatic heterocycles. The molecule has 0 bridgehead atoms. The van der Waals surface area contributed by atoms with Crippen molar-refractivity contribution in [2.75, 3.05) is 11.8 Å². The molecule has 176 valence electrons. The van der Waals surface area contributed by atoms with Gasteiger partial charge in [0.2, 0.25) is 21.9 Å². The number of aryl methyl sites for hydroxylation is 1. The maximum atomic E-state index is 15.0. The molecule has 0 amide bonds. The van der Waals surface area contributed by atoms with Crippen LogP contribution in [-0.2, 0) is 17.1 Å². The number of hydrogen-bond donors (Lipinski definition) is 1. The van der Waals surface area contributed by atoms with Crippen molar-refractivity contribution in [2.45, 2.75) is 25.0 Å². The first-order valence-electron chi connectivity index (χ1n) is 10.4. The van der Waals surface area contributed by atoms with Gasteiger partial charge in [-0.05, 0) is 13.0 Å². The van der Waals surface area contributed by atoms with Crippen molar-refractivity contribution in [3.05, 3.63) is 48.3 Å². The number of pyridine rings is 1. The Morgan fingerprint density at radius 2 is 1.91 bits per heavy atom. The number of fused-ring (bicyclic) bond motifs is 6. The molecule has 0 spiro atoms. The van der Waals surface area contributed by atoms with Crippen LogP contribution >= 0.6 is 0 Å². The lowest BCUT2D eigenvalue weighted by Crippen LogP contribution is -2.31. The van der Waals surface area contributed by atoms with Crippen LogP contribution in [0.1, 0.15) is 25.5 Å². The molecule has 0 fully saturated rings. The van der Waals surface area contributed by atoms with Crippen molar-refractivity contribution in [2.24, 2.45) is 7.05 Å². The number of nitrogens with zero attached hydrogens (tertiary/aromatic N) is 7. The standard InChI is InChI=1S/C21H21FN8O3S/c1-11(16-8-24-17(33-4)9-23-16)12(2)34(31,32)28-21-26-25-20-18-14(10-29(3)27-18)13-6-5-7-15(22)19(13)30(20)21/h5-12H,1-4H3,(H,26,28)/t11-,12-/m0/s1. The predicted molar refractivity (Wildman–Crippen MR) is 124 cm³/mol. The first-order chi connectivity index (χ1) is 16.2. The summed E-state index contributed by atoms with van der Waals surface area (Å²) in [6, 6.07) is 4.63. The number of rotatable bonds is 6. The minimum Gasteiger partial charge on any atom is -0.480 e. The Balaban J connectivity index is 1.60. The zero-order valence-corrected chi connectivity index (χ0v) is 19.6. The normalized spacial score (nSPS) is 14.0. The first kappa shape index (κ1) is 21.9. The molecule has 0 aliphatic carbocycles. The zero-order chi connectivity index (χ0) is 24.2. The molecule has 0 radical (unpaired) electrons. The van der Waals surface area contributed by atoms with Crippen LogP contribution in [0.4, 0.5) is 10.3 Å². The molecule has 0 unspecified atom stereocenters. The van der Waals surface area contributed by atoms with E-state index in [9.17, 15) is 8.42 Å². The Morgan fingerprint density at radius 1 is 1.12 bits per heavy atom. The number of methoxy groups -OCH3 is 1. The largest absolute Gasteiger partial charge is 0.480 e. The summed E-state index contributed by atoms with van der Waals surface area (Å²) in [4.78, 5) is 8.34. The van der Waals surface area contributed by atoms with Crippen molar-refractivity contribution in [1.82, 2.24) is 34.3 Å². The smallest absolute Gasteiger partial charge is 0.243 e. The van der Waals surface area contributed by atoms with Crippen molar-refractivity contribution < 1.29 is 17.5 Å². The summed E-state index contributed by atoms with van der Waals surface area (Å²) in [7, 11) is -0.774. The van der Waals surface area contributed by atoms with Crippen LogP contribution in [0.15, 0.2) is 36.8 Å². The van der Waals surface area contributed by atoms with E-state index in [4.69, 9.17) is 4.74 Å². The molecule has 5 rings (SSSR count). The number of sulfonamides is 1. The van der Waals surface area contributed by atoms with Gasteiger partial charge in [0, 0.05) is 29.9 Å². The first-order valence-corrected chi connectivity index (χ1v) is 11.9. The number of benzene rings is 1. The Morgan fingerprint density at radius 3 is 2.62 bits per heavy atom. The summed E-state index contributed by atoms with van der Waals surface area (Å²) in [5.74, 6) is -0.846. The molecule has 34 heavy (non-hydrogen) atoms. The average Bonchev–Trinajstić information content (AvgIpc) is 3.41. The predicted octanol–water partition coefficient (Wildman–Crippen LogP) is 2.64. The maximum absolute atomic E-state index is 15.0. The molecule has 5 aromatic rings. The quantitative estimate of drug-likeness (QED) is 0.389. The highest BCUT2D eigenvalue weighted by molar-refractivity contribution is 7.93. The molecular weight excluding hydrogens is 463 g/mol. The molecule has 0 saturated carbocycles. The zero-order valence-electron chi connectivity index (χ0n) is 18.8. The minimum atomic E-state index is -3.99. The van der Waals surface area contributed by atoms with Crippen LogP contribution in [0.3, 0.4) is 0 Å². The number of hydrogen-bond acceptors (Lipinski definition) is 8. The minimum absolute atomic E-state index is 0.127.